The van der Waals surface area contributed by atoms with Crippen molar-refractivity contribution in [3.05, 3.63) is 0 Å². The molecule has 2 amide bonds. The lowest BCUT2D eigenvalue weighted by Gasteiger charge is -2.33. The fourth-order valence-corrected chi connectivity index (χ4v) is 3.99. The third-order valence-corrected chi connectivity index (χ3v) is 5.62. The molecular formula is C21H41N3O3. The third-order valence-electron chi connectivity index (χ3n) is 5.62. The van der Waals surface area contributed by atoms with Gasteiger partial charge >= 0.3 is 0 Å². The summed E-state index contributed by atoms with van der Waals surface area (Å²) in [7, 11) is 1.60. The van der Waals surface area contributed by atoms with Gasteiger partial charge in [-0.15, -0.1) is 0 Å². The molecule has 1 saturated carbocycles. The lowest BCUT2D eigenvalue weighted by Crippen LogP contribution is -2.51. The fraction of sp³-hybridized carbons (Fsp3) is 0.905. The number of ether oxygens (including phenoxy) is 1. The Morgan fingerprint density at radius 1 is 0.963 bits per heavy atom. The first-order chi connectivity index (χ1) is 12.9. The van der Waals surface area contributed by atoms with E-state index in [4.69, 9.17) is 4.74 Å². The molecule has 0 spiro atoms. The van der Waals surface area contributed by atoms with E-state index in [1.165, 1.54) is 0 Å². The summed E-state index contributed by atoms with van der Waals surface area (Å²) < 4.78 is 5.35. The Morgan fingerprint density at radius 2 is 1.44 bits per heavy atom. The standard InChI is InChI=1S/C21H41N3O3/c1-7-18(24(8-2)9-3)20(25)22-16-10-12-17(13-11-16)23-21(26)19(27-6)14-15(4)5/h15-19H,7-14H2,1-6H3,(H,22,25)(H,23,26). The monoisotopic (exact) mass is 383 g/mol. The molecule has 0 radical (unpaired) electrons. The molecule has 6 nitrogen and oxygen atoms in total. The summed E-state index contributed by atoms with van der Waals surface area (Å²) in [5, 5.41) is 6.37. The maximum atomic E-state index is 12.7. The zero-order chi connectivity index (χ0) is 20.4. The zero-order valence-electron chi connectivity index (χ0n) is 18.2. The SMILES string of the molecule is CCC(C(=O)NC1CCC(NC(=O)C(CC(C)C)OC)CC1)N(CC)CC. The van der Waals surface area contributed by atoms with Gasteiger partial charge in [0.2, 0.25) is 11.8 Å². The molecule has 2 atom stereocenters. The molecule has 0 heterocycles. The number of hydrogen-bond donors (Lipinski definition) is 2. The number of hydrogen-bond acceptors (Lipinski definition) is 4. The van der Waals surface area contributed by atoms with Crippen LogP contribution in [0.15, 0.2) is 0 Å². The van der Waals surface area contributed by atoms with Crippen LogP contribution in [0.1, 0.15) is 73.1 Å². The predicted molar refractivity (Wildman–Crippen MR) is 110 cm³/mol. The predicted octanol–water partition coefficient (Wildman–Crippen LogP) is 2.71. The number of nitrogens with one attached hydrogen (secondary N) is 2. The second-order valence-corrected chi connectivity index (χ2v) is 8.06. The van der Waals surface area contributed by atoms with Crippen molar-refractivity contribution in [2.75, 3.05) is 20.2 Å². The summed E-state index contributed by atoms with van der Waals surface area (Å²) in [4.78, 5) is 27.3. The maximum absolute atomic E-state index is 12.7. The molecule has 2 unspecified atom stereocenters. The molecular weight excluding hydrogens is 342 g/mol. The van der Waals surface area contributed by atoms with Crippen molar-refractivity contribution in [1.82, 2.24) is 15.5 Å². The van der Waals surface area contributed by atoms with Crippen molar-refractivity contribution in [2.45, 2.75) is 97.4 Å². The van der Waals surface area contributed by atoms with E-state index in [-0.39, 0.29) is 36.0 Å². The van der Waals surface area contributed by atoms with Gasteiger partial charge in [-0.25, -0.2) is 0 Å². The van der Waals surface area contributed by atoms with Crippen molar-refractivity contribution in [3.8, 4) is 0 Å². The van der Waals surface area contributed by atoms with Crippen LogP contribution < -0.4 is 10.6 Å². The van der Waals surface area contributed by atoms with Crippen LogP contribution in [-0.2, 0) is 14.3 Å². The van der Waals surface area contributed by atoms with E-state index in [0.717, 1.165) is 51.6 Å². The average Bonchev–Trinajstić information content (AvgIpc) is 2.65. The van der Waals surface area contributed by atoms with E-state index in [0.29, 0.717) is 5.92 Å². The van der Waals surface area contributed by atoms with Crippen molar-refractivity contribution in [1.29, 1.82) is 0 Å². The largest absolute Gasteiger partial charge is 0.372 e. The van der Waals surface area contributed by atoms with Crippen LogP contribution in [0.25, 0.3) is 0 Å². The van der Waals surface area contributed by atoms with E-state index in [2.05, 4.69) is 50.2 Å². The van der Waals surface area contributed by atoms with Gasteiger partial charge in [0.05, 0.1) is 6.04 Å². The Hall–Kier alpha value is -1.14. The molecule has 0 aliphatic heterocycles. The van der Waals surface area contributed by atoms with Gasteiger partial charge in [0.25, 0.3) is 0 Å². The van der Waals surface area contributed by atoms with Gasteiger partial charge in [0, 0.05) is 19.2 Å². The number of likely N-dealkylation sites (N-methyl/N-ethyl adjacent to an activating group) is 1. The molecule has 1 aliphatic carbocycles. The van der Waals surface area contributed by atoms with Crippen LogP contribution >= 0.6 is 0 Å². The lowest BCUT2D eigenvalue weighted by molar-refractivity contribution is -0.133. The van der Waals surface area contributed by atoms with Gasteiger partial charge in [0.1, 0.15) is 6.10 Å². The number of amides is 2. The summed E-state index contributed by atoms with van der Waals surface area (Å²) >= 11 is 0. The maximum Gasteiger partial charge on any atom is 0.249 e. The first kappa shape index (κ1) is 23.9. The molecule has 1 aliphatic rings. The normalized spacial score (nSPS) is 22.5. The number of methoxy groups -OCH3 is 1. The minimum atomic E-state index is -0.373. The molecule has 158 valence electrons. The fourth-order valence-electron chi connectivity index (χ4n) is 3.99. The Labute approximate surface area is 165 Å². The zero-order valence-corrected chi connectivity index (χ0v) is 18.2. The highest BCUT2D eigenvalue weighted by Gasteiger charge is 2.29. The minimum absolute atomic E-state index is 0.00809. The summed E-state index contributed by atoms with van der Waals surface area (Å²) in [6.45, 7) is 12.2. The Balaban J connectivity index is 2.45. The van der Waals surface area contributed by atoms with E-state index in [1.54, 1.807) is 7.11 Å². The second kappa shape index (κ2) is 12.3. The number of rotatable bonds is 11. The molecule has 27 heavy (non-hydrogen) atoms. The van der Waals surface area contributed by atoms with E-state index < -0.39 is 0 Å². The first-order valence-corrected chi connectivity index (χ1v) is 10.7. The highest BCUT2D eigenvalue weighted by molar-refractivity contribution is 5.82. The molecule has 1 rings (SSSR count). The smallest absolute Gasteiger partial charge is 0.249 e. The van der Waals surface area contributed by atoms with Gasteiger partial charge in [-0.3, -0.25) is 14.5 Å². The van der Waals surface area contributed by atoms with Crippen LogP contribution in [0.2, 0.25) is 0 Å². The molecule has 2 N–H and O–H groups in total. The number of carbonyl (C=O) groups is 2. The number of carbonyl (C=O) groups excluding carboxylic acids is 2. The van der Waals surface area contributed by atoms with Gasteiger partial charge in [-0.05, 0) is 57.5 Å². The Kier molecular flexibility index (Phi) is 10.9. The summed E-state index contributed by atoms with van der Waals surface area (Å²) in [6.07, 6.45) is 4.81. The highest BCUT2D eigenvalue weighted by Crippen LogP contribution is 2.20. The molecule has 1 fully saturated rings. The minimum Gasteiger partial charge on any atom is -0.372 e. The lowest BCUT2D eigenvalue weighted by atomic mass is 9.90. The summed E-state index contributed by atoms with van der Waals surface area (Å²) in [5.41, 5.74) is 0. The number of nitrogens with zero attached hydrogens (tertiary/aromatic N) is 1. The van der Waals surface area contributed by atoms with Crippen LogP contribution in [0.4, 0.5) is 0 Å². The summed E-state index contributed by atoms with van der Waals surface area (Å²) in [5.74, 6) is 0.556. The molecule has 0 aromatic rings. The van der Waals surface area contributed by atoms with Gasteiger partial charge in [-0.2, -0.15) is 0 Å². The van der Waals surface area contributed by atoms with Gasteiger partial charge < -0.3 is 15.4 Å². The van der Waals surface area contributed by atoms with Gasteiger partial charge in [-0.1, -0.05) is 34.6 Å². The average molecular weight is 384 g/mol. The van der Waals surface area contributed by atoms with E-state index in [1.807, 2.05) is 0 Å². The molecule has 0 aromatic heterocycles. The molecule has 0 aromatic carbocycles. The van der Waals surface area contributed by atoms with Crippen LogP contribution in [0.5, 0.6) is 0 Å². The molecule has 0 bridgehead atoms. The molecule has 0 saturated heterocycles. The Morgan fingerprint density at radius 3 is 1.81 bits per heavy atom. The van der Waals surface area contributed by atoms with Crippen molar-refractivity contribution in [2.24, 2.45) is 5.92 Å². The Bertz CT molecular complexity index is 444. The first-order valence-electron chi connectivity index (χ1n) is 10.7. The highest BCUT2D eigenvalue weighted by atomic mass is 16.5. The van der Waals surface area contributed by atoms with Crippen LogP contribution in [0.3, 0.4) is 0 Å². The molecule has 6 heteroatoms. The van der Waals surface area contributed by atoms with Crippen molar-refractivity contribution < 1.29 is 14.3 Å². The second-order valence-electron chi connectivity index (χ2n) is 8.06. The van der Waals surface area contributed by atoms with E-state index >= 15 is 0 Å². The topological polar surface area (TPSA) is 70.7 Å². The van der Waals surface area contributed by atoms with Crippen molar-refractivity contribution in [3.63, 3.8) is 0 Å². The van der Waals surface area contributed by atoms with E-state index in [9.17, 15) is 9.59 Å². The third kappa shape index (κ3) is 7.78. The van der Waals surface area contributed by atoms with Gasteiger partial charge in [0.15, 0.2) is 0 Å². The van der Waals surface area contributed by atoms with Crippen LogP contribution in [-0.4, -0.2) is 61.1 Å². The quantitative estimate of drug-likeness (QED) is 0.575. The van der Waals surface area contributed by atoms with Crippen LogP contribution in [0, 0.1) is 5.92 Å². The summed E-state index contributed by atoms with van der Waals surface area (Å²) in [6, 6.07) is 0.347. The van der Waals surface area contributed by atoms with Crippen molar-refractivity contribution >= 4 is 11.8 Å².